The maximum atomic E-state index is 13.0. The molecule has 28 heavy (non-hydrogen) atoms. The molecular weight excluding hydrogens is 376 g/mol. The van der Waals surface area contributed by atoms with Crippen molar-refractivity contribution in [1.82, 2.24) is 9.72 Å². The first-order chi connectivity index (χ1) is 13.5. The van der Waals surface area contributed by atoms with Crippen molar-refractivity contribution < 1.29 is 14.6 Å². The molecule has 0 unspecified atom stereocenters. The Balaban J connectivity index is 1.77. The molecule has 1 aliphatic rings. The molecule has 0 spiro atoms. The number of aromatic nitrogens is 1. The van der Waals surface area contributed by atoms with E-state index in [4.69, 9.17) is 16.3 Å². The number of pyridine rings is 1. The summed E-state index contributed by atoms with van der Waals surface area (Å²) in [5.41, 5.74) is 1.42. The Morgan fingerprint density at radius 2 is 2.29 bits per heavy atom. The summed E-state index contributed by atoms with van der Waals surface area (Å²) >= 11 is 6.41. The zero-order chi connectivity index (χ0) is 20.1. The van der Waals surface area contributed by atoms with Crippen molar-refractivity contribution in [3.05, 3.63) is 40.7 Å². The molecule has 6 heteroatoms. The second-order valence-electron chi connectivity index (χ2n) is 7.85. The van der Waals surface area contributed by atoms with Crippen LogP contribution in [0.25, 0.3) is 5.52 Å². The predicted octanol–water partition coefficient (Wildman–Crippen LogP) is 4.23. The average Bonchev–Trinajstić information content (AvgIpc) is 3.07. The summed E-state index contributed by atoms with van der Waals surface area (Å²) in [7, 11) is 0. The number of nitrogens with zero attached hydrogens (tertiary/aromatic N) is 1. The van der Waals surface area contributed by atoms with Gasteiger partial charge in [-0.1, -0.05) is 37.8 Å². The van der Waals surface area contributed by atoms with Gasteiger partial charge in [-0.15, -0.1) is 0 Å². The molecule has 0 radical (unpaired) electrons. The van der Waals surface area contributed by atoms with Gasteiger partial charge in [0.15, 0.2) is 0 Å². The van der Waals surface area contributed by atoms with Gasteiger partial charge in [-0.2, -0.15) is 0 Å². The van der Waals surface area contributed by atoms with Crippen LogP contribution in [0.2, 0.25) is 5.02 Å². The van der Waals surface area contributed by atoms with E-state index < -0.39 is 5.60 Å². The van der Waals surface area contributed by atoms with E-state index in [2.05, 4.69) is 12.2 Å². The van der Waals surface area contributed by atoms with Crippen LogP contribution < -0.4 is 5.32 Å². The Bertz CT molecular complexity index is 819. The Labute approximate surface area is 172 Å². The van der Waals surface area contributed by atoms with Gasteiger partial charge in [0.25, 0.3) is 5.91 Å². The Morgan fingerprint density at radius 1 is 1.46 bits per heavy atom. The summed E-state index contributed by atoms with van der Waals surface area (Å²) in [6, 6.07) is 5.55. The summed E-state index contributed by atoms with van der Waals surface area (Å²) in [5, 5.41) is 14.4. The molecule has 0 aliphatic heterocycles. The van der Waals surface area contributed by atoms with E-state index in [0.29, 0.717) is 41.7 Å². The molecule has 2 aromatic rings. The number of ether oxygens (including phenoxy) is 1. The largest absolute Gasteiger partial charge is 0.388 e. The lowest BCUT2D eigenvalue weighted by Gasteiger charge is -2.36. The van der Waals surface area contributed by atoms with Gasteiger partial charge in [0, 0.05) is 31.5 Å². The highest BCUT2D eigenvalue weighted by Crippen LogP contribution is 2.34. The van der Waals surface area contributed by atoms with Crippen LogP contribution in [-0.2, 0) is 11.2 Å². The van der Waals surface area contributed by atoms with Gasteiger partial charge in [-0.05, 0) is 43.9 Å². The number of amides is 1. The van der Waals surface area contributed by atoms with Gasteiger partial charge in [0.2, 0.25) is 0 Å². The number of hydrogen-bond donors (Lipinski definition) is 2. The monoisotopic (exact) mass is 406 g/mol. The maximum Gasteiger partial charge on any atom is 0.253 e. The van der Waals surface area contributed by atoms with Crippen molar-refractivity contribution in [3.63, 3.8) is 0 Å². The number of carbonyl (C=O) groups is 1. The van der Waals surface area contributed by atoms with Crippen LogP contribution in [-0.4, -0.2) is 40.8 Å². The van der Waals surface area contributed by atoms with Crippen LogP contribution in [0.15, 0.2) is 24.4 Å². The minimum absolute atomic E-state index is 0.194. The smallest absolute Gasteiger partial charge is 0.253 e. The van der Waals surface area contributed by atoms with E-state index in [1.54, 1.807) is 6.07 Å². The number of fused-ring (bicyclic) bond motifs is 1. The fourth-order valence-electron chi connectivity index (χ4n) is 4.28. The second-order valence-corrected chi connectivity index (χ2v) is 8.26. The van der Waals surface area contributed by atoms with E-state index >= 15 is 0 Å². The van der Waals surface area contributed by atoms with Crippen molar-refractivity contribution in [3.8, 4) is 0 Å². The van der Waals surface area contributed by atoms with Crippen LogP contribution in [0.1, 0.15) is 62.0 Å². The van der Waals surface area contributed by atoms with Crippen molar-refractivity contribution in [1.29, 1.82) is 0 Å². The highest BCUT2D eigenvalue weighted by Gasteiger charge is 2.34. The number of rotatable bonds is 8. The first-order valence-electron chi connectivity index (χ1n) is 10.3. The SMILES string of the molecule is CCOCCc1cc(C(=O)NC[C@@]2(O)CCC[C@@H](CC)C2)c2c(Cl)cccn12. The third-order valence-corrected chi connectivity index (χ3v) is 6.16. The number of nitrogens with one attached hydrogen (secondary N) is 1. The Hall–Kier alpha value is -1.56. The minimum atomic E-state index is -0.814. The number of halogens is 1. The Morgan fingerprint density at radius 3 is 3.04 bits per heavy atom. The zero-order valence-corrected chi connectivity index (χ0v) is 17.6. The van der Waals surface area contributed by atoms with E-state index in [9.17, 15) is 9.90 Å². The number of carbonyl (C=O) groups excluding carboxylic acids is 1. The highest BCUT2D eigenvalue weighted by atomic mass is 35.5. The van der Waals surface area contributed by atoms with Gasteiger partial charge in [-0.25, -0.2) is 0 Å². The lowest BCUT2D eigenvalue weighted by atomic mass is 9.77. The van der Waals surface area contributed by atoms with Crippen LogP contribution in [0.5, 0.6) is 0 Å². The molecule has 2 N–H and O–H groups in total. The summed E-state index contributed by atoms with van der Waals surface area (Å²) in [4.78, 5) is 13.0. The van der Waals surface area contributed by atoms with Crippen LogP contribution in [0.4, 0.5) is 0 Å². The molecular formula is C22H31ClN2O3. The number of hydrogen-bond acceptors (Lipinski definition) is 3. The Kier molecular flexibility index (Phi) is 7.02. The van der Waals surface area contributed by atoms with Crippen LogP contribution >= 0.6 is 11.6 Å². The maximum absolute atomic E-state index is 13.0. The normalized spacial score (nSPS) is 22.5. The zero-order valence-electron chi connectivity index (χ0n) is 16.8. The molecule has 3 rings (SSSR count). The quantitative estimate of drug-likeness (QED) is 0.645. The molecule has 0 aromatic carbocycles. The van der Waals surface area contributed by atoms with Crippen molar-refractivity contribution in [2.24, 2.45) is 5.92 Å². The molecule has 1 amide bonds. The molecule has 2 atom stereocenters. The summed E-state index contributed by atoms with van der Waals surface area (Å²) in [6.07, 6.45) is 7.34. The lowest BCUT2D eigenvalue weighted by molar-refractivity contribution is -0.0146. The van der Waals surface area contributed by atoms with E-state index in [-0.39, 0.29) is 12.5 Å². The van der Waals surface area contributed by atoms with Crippen molar-refractivity contribution >= 4 is 23.0 Å². The first-order valence-corrected chi connectivity index (χ1v) is 10.7. The third-order valence-electron chi connectivity index (χ3n) is 5.85. The lowest BCUT2D eigenvalue weighted by Crippen LogP contribution is -2.46. The third kappa shape index (κ3) is 4.70. The molecule has 1 fully saturated rings. The molecule has 0 bridgehead atoms. The van der Waals surface area contributed by atoms with Gasteiger partial charge < -0.3 is 19.6 Å². The fourth-order valence-corrected chi connectivity index (χ4v) is 4.55. The molecule has 154 valence electrons. The summed E-state index contributed by atoms with van der Waals surface area (Å²) in [5.74, 6) is 0.339. The van der Waals surface area contributed by atoms with E-state index in [1.807, 2.05) is 29.7 Å². The molecule has 0 saturated heterocycles. The second kappa shape index (κ2) is 9.29. The molecule has 5 nitrogen and oxygen atoms in total. The van der Waals surface area contributed by atoms with Crippen molar-refractivity contribution in [2.45, 2.75) is 58.0 Å². The van der Waals surface area contributed by atoms with E-state index in [0.717, 1.165) is 37.8 Å². The fraction of sp³-hybridized carbons (Fsp3) is 0.591. The van der Waals surface area contributed by atoms with Gasteiger partial charge in [-0.3, -0.25) is 4.79 Å². The molecule has 2 heterocycles. The number of aliphatic hydroxyl groups is 1. The molecule has 2 aromatic heterocycles. The van der Waals surface area contributed by atoms with E-state index in [1.165, 1.54) is 0 Å². The van der Waals surface area contributed by atoms with Crippen LogP contribution in [0, 0.1) is 5.92 Å². The molecule has 1 saturated carbocycles. The van der Waals surface area contributed by atoms with Crippen LogP contribution in [0.3, 0.4) is 0 Å². The predicted molar refractivity (Wildman–Crippen MR) is 112 cm³/mol. The summed E-state index contributed by atoms with van der Waals surface area (Å²) < 4.78 is 7.42. The van der Waals surface area contributed by atoms with Gasteiger partial charge >= 0.3 is 0 Å². The standard InChI is InChI=1S/C22H31ClN2O3/c1-3-16-7-5-10-22(27,14-16)15-24-21(26)18-13-17(9-12-28-4-2)25-11-6-8-19(23)20(18)25/h6,8,11,13,16,27H,3-5,7,9-10,12,14-15H2,1-2H3,(H,24,26)/t16-,22-/m1/s1. The summed E-state index contributed by atoms with van der Waals surface area (Å²) in [6.45, 7) is 5.65. The highest BCUT2D eigenvalue weighted by molar-refractivity contribution is 6.34. The topological polar surface area (TPSA) is 63.0 Å². The van der Waals surface area contributed by atoms with Gasteiger partial charge in [0.1, 0.15) is 0 Å². The van der Waals surface area contributed by atoms with Gasteiger partial charge in [0.05, 0.1) is 28.3 Å². The van der Waals surface area contributed by atoms with Crippen molar-refractivity contribution in [2.75, 3.05) is 19.8 Å². The first kappa shape index (κ1) is 21.2. The minimum Gasteiger partial charge on any atom is -0.388 e. The molecule has 1 aliphatic carbocycles. The average molecular weight is 407 g/mol.